The summed E-state index contributed by atoms with van der Waals surface area (Å²) >= 11 is 0. The zero-order valence-corrected chi connectivity index (χ0v) is 11.6. The number of amidine groups is 1. The summed E-state index contributed by atoms with van der Waals surface area (Å²) in [5, 5.41) is 11.7. The average molecular weight is 302 g/mol. The lowest BCUT2D eigenvalue weighted by Gasteiger charge is -2.34. The Kier molecular flexibility index (Phi) is 4.24. The minimum Gasteiger partial charge on any atom is -0.409 e. The average Bonchev–Trinajstić information content (AvgIpc) is 2.45. The molecule has 1 saturated heterocycles. The van der Waals surface area contributed by atoms with Gasteiger partial charge in [-0.15, -0.1) is 0 Å². The Balaban J connectivity index is 2.22. The van der Waals surface area contributed by atoms with Gasteiger partial charge in [-0.1, -0.05) is 5.16 Å². The number of aryl methyl sites for hydroxylation is 1. The molecule has 0 spiro atoms. The lowest BCUT2D eigenvalue weighted by atomic mass is 9.96. The fourth-order valence-corrected chi connectivity index (χ4v) is 2.46. The summed E-state index contributed by atoms with van der Waals surface area (Å²) < 4.78 is 38.1. The van der Waals surface area contributed by atoms with Crippen LogP contribution >= 0.6 is 0 Å². The van der Waals surface area contributed by atoms with Crippen LogP contribution in [0.1, 0.15) is 24.1 Å². The van der Waals surface area contributed by atoms with Gasteiger partial charge in [0, 0.05) is 18.8 Å². The van der Waals surface area contributed by atoms with E-state index >= 15 is 0 Å². The molecule has 0 radical (unpaired) electrons. The molecule has 2 heterocycles. The van der Waals surface area contributed by atoms with Gasteiger partial charge in [0.25, 0.3) is 0 Å². The van der Waals surface area contributed by atoms with Gasteiger partial charge < -0.3 is 15.8 Å². The van der Waals surface area contributed by atoms with Gasteiger partial charge in [0.05, 0.1) is 11.5 Å². The molecule has 116 valence electrons. The molecule has 1 aliphatic heterocycles. The molecule has 1 aromatic rings. The van der Waals surface area contributed by atoms with Crippen molar-refractivity contribution in [1.82, 2.24) is 4.98 Å². The molecule has 0 aromatic carbocycles. The van der Waals surface area contributed by atoms with Gasteiger partial charge in [0.1, 0.15) is 5.82 Å². The maximum Gasteiger partial charge on any atom is 0.391 e. The Hall–Kier alpha value is -1.99. The molecule has 0 aliphatic carbocycles. The van der Waals surface area contributed by atoms with Crippen LogP contribution in [0.2, 0.25) is 0 Å². The van der Waals surface area contributed by atoms with E-state index in [9.17, 15) is 13.2 Å². The molecule has 1 aliphatic rings. The largest absolute Gasteiger partial charge is 0.409 e. The highest BCUT2D eigenvalue weighted by atomic mass is 19.4. The van der Waals surface area contributed by atoms with E-state index in [1.165, 1.54) is 0 Å². The van der Waals surface area contributed by atoms with E-state index in [4.69, 9.17) is 10.9 Å². The van der Waals surface area contributed by atoms with E-state index in [1.54, 1.807) is 24.0 Å². The minimum atomic E-state index is -4.15. The van der Waals surface area contributed by atoms with Crippen LogP contribution in [0, 0.1) is 12.8 Å². The van der Waals surface area contributed by atoms with Crippen LogP contribution in [0.4, 0.5) is 19.0 Å². The third-order valence-corrected chi connectivity index (χ3v) is 3.66. The zero-order valence-electron chi connectivity index (χ0n) is 11.6. The molecule has 0 saturated carbocycles. The number of hydrogen-bond donors (Lipinski definition) is 2. The monoisotopic (exact) mass is 302 g/mol. The molecule has 0 amide bonds. The van der Waals surface area contributed by atoms with Gasteiger partial charge in [-0.2, -0.15) is 13.2 Å². The summed E-state index contributed by atoms with van der Waals surface area (Å²) in [6, 6.07) is 3.36. The van der Waals surface area contributed by atoms with E-state index in [0.717, 1.165) is 5.69 Å². The van der Waals surface area contributed by atoms with Gasteiger partial charge in [-0.05, 0) is 31.9 Å². The van der Waals surface area contributed by atoms with E-state index in [-0.39, 0.29) is 31.8 Å². The summed E-state index contributed by atoms with van der Waals surface area (Å²) in [5.74, 6) is -0.910. The van der Waals surface area contributed by atoms with Gasteiger partial charge in [-0.3, -0.25) is 0 Å². The topological polar surface area (TPSA) is 74.7 Å². The third-order valence-electron chi connectivity index (χ3n) is 3.66. The number of nitrogens with zero attached hydrogens (tertiary/aromatic N) is 3. The van der Waals surface area contributed by atoms with Crippen molar-refractivity contribution < 1.29 is 18.4 Å². The quantitative estimate of drug-likeness (QED) is 0.380. The number of piperidine rings is 1. The van der Waals surface area contributed by atoms with Gasteiger partial charge in [0.2, 0.25) is 0 Å². The first-order valence-electron chi connectivity index (χ1n) is 6.60. The molecule has 0 bridgehead atoms. The third kappa shape index (κ3) is 3.37. The summed E-state index contributed by atoms with van der Waals surface area (Å²) in [6.07, 6.45) is -4.11. The Bertz CT molecular complexity index is 537. The molecular formula is C13H17F3N4O. The van der Waals surface area contributed by atoms with Crippen molar-refractivity contribution >= 4 is 11.7 Å². The van der Waals surface area contributed by atoms with Crippen LogP contribution in [-0.2, 0) is 0 Å². The number of rotatable bonds is 2. The second-order valence-electron chi connectivity index (χ2n) is 5.11. The highest BCUT2D eigenvalue weighted by molar-refractivity contribution is 6.01. The lowest BCUT2D eigenvalue weighted by Crippen LogP contribution is -2.40. The normalized spacial score (nSPS) is 18.1. The lowest BCUT2D eigenvalue weighted by molar-refractivity contribution is -0.179. The Morgan fingerprint density at radius 2 is 2.00 bits per heavy atom. The second-order valence-corrected chi connectivity index (χ2v) is 5.11. The van der Waals surface area contributed by atoms with Crippen molar-refractivity contribution in [3.8, 4) is 0 Å². The zero-order chi connectivity index (χ0) is 15.6. The van der Waals surface area contributed by atoms with Crippen molar-refractivity contribution in [2.75, 3.05) is 18.0 Å². The summed E-state index contributed by atoms with van der Waals surface area (Å²) in [6.45, 7) is 2.26. The fraction of sp³-hybridized carbons (Fsp3) is 0.538. The molecule has 0 atom stereocenters. The SMILES string of the molecule is Cc1ccc(C(N)=NO)c(N2CCC(C(F)(F)F)CC2)n1. The predicted molar refractivity (Wildman–Crippen MR) is 72.5 cm³/mol. The number of oxime groups is 1. The highest BCUT2D eigenvalue weighted by Crippen LogP contribution is 2.35. The molecule has 21 heavy (non-hydrogen) atoms. The molecule has 5 nitrogen and oxygen atoms in total. The van der Waals surface area contributed by atoms with Crippen molar-refractivity contribution in [3.05, 3.63) is 23.4 Å². The standard InChI is InChI=1S/C13H17F3N4O/c1-8-2-3-10(11(17)19-21)12(18-8)20-6-4-9(5-7-20)13(14,15)16/h2-3,9,21H,4-7H2,1H3,(H2,17,19). The summed E-state index contributed by atoms with van der Waals surface area (Å²) in [4.78, 5) is 6.08. The van der Waals surface area contributed by atoms with Crippen molar-refractivity contribution in [1.29, 1.82) is 0 Å². The van der Waals surface area contributed by atoms with Gasteiger partial charge >= 0.3 is 6.18 Å². The van der Waals surface area contributed by atoms with Crippen molar-refractivity contribution in [3.63, 3.8) is 0 Å². The van der Waals surface area contributed by atoms with Crippen LogP contribution in [0.25, 0.3) is 0 Å². The molecule has 3 N–H and O–H groups in total. The van der Waals surface area contributed by atoms with E-state index < -0.39 is 12.1 Å². The van der Waals surface area contributed by atoms with Gasteiger partial charge in [0.15, 0.2) is 5.84 Å². The minimum absolute atomic E-state index is 0.0226. The van der Waals surface area contributed by atoms with E-state index in [0.29, 0.717) is 11.4 Å². The first-order valence-corrected chi connectivity index (χ1v) is 6.60. The van der Waals surface area contributed by atoms with Crippen molar-refractivity contribution in [2.24, 2.45) is 16.8 Å². The maximum atomic E-state index is 12.7. The van der Waals surface area contributed by atoms with Crippen LogP contribution < -0.4 is 10.6 Å². The van der Waals surface area contributed by atoms with Crippen molar-refractivity contribution in [2.45, 2.75) is 25.9 Å². The number of aromatic nitrogens is 1. The van der Waals surface area contributed by atoms with E-state index in [1.807, 2.05) is 0 Å². The molecule has 8 heteroatoms. The number of hydrogen-bond acceptors (Lipinski definition) is 4. The smallest absolute Gasteiger partial charge is 0.391 e. The molecule has 1 aromatic heterocycles. The summed E-state index contributed by atoms with van der Waals surface area (Å²) in [5.41, 5.74) is 6.75. The molecule has 1 fully saturated rings. The van der Waals surface area contributed by atoms with E-state index in [2.05, 4.69) is 10.1 Å². The van der Waals surface area contributed by atoms with Crippen LogP contribution in [0.15, 0.2) is 17.3 Å². The predicted octanol–water partition coefficient (Wildman–Crippen LogP) is 2.26. The Morgan fingerprint density at radius 3 is 2.52 bits per heavy atom. The molecular weight excluding hydrogens is 285 g/mol. The number of halogens is 3. The first-order chi connectivity index (χ1) is 9.82. The Morgan fingerprint density at radius 1 is 1.38 bits per heavy atom. The Labute approximate surface area is 120 Å². The van der Waals surface area contributed by atoms with Crippen LogP contribution in [0.5, 0.6) is 0 Å². The number of anilines is 1. The maximum absolute atomic E-state index is 12.7. The molecule has 0 unspecified atom stereocenters. The number of pyridine rings is 1. The van der Waals surface area contributed by atoms with Crippen LogP contribution in [-0.4, -0.2) is 35.3 Å². The summed E-state index contributed by atoms with van der Waals surface area (Å²) in [7, 11) is 0. The van der Waals surface area contributed by atoms with Gasteiger partial charge in [-0.25, -0.2) is 4.98 Å². The number of alkyl halides is 3. The highest BCUT2D eigenvalue weighted by Gasteiger charge is 2.41. The second kappa shape index (κ2) is 5.79. The molecule has 2 rings (SSSR count). The first kappa shape index (κ1) is 15.4. The van der Waals surface area contributed by atoms with Crippen LogP contribution in [0.3, 0.4) is 0 Å². The fourth-order valence-electron chi connectivity index (χ4n) is 2.46. The number of nitrogens with two attached hydrogens (primary N) is 1.